The third-order valence-electron chi connectivity index (χ3n) is 3.23. The number of carbonyl (C=O) groups excluding carboxylic acids is 1. The molecule has 0 N–H and O–H groups in total. The number of carbonyl (C=O) groups is 1. The fraction of sp³-hybridized carbons (Fsp3) is 0.412. The molecule has 0 unspecified atom stereocenters. The first-order valence-electron chi connectivity index (χ1n) is 7.43. The van der Waals surface area contributed by atoms with Crippen molar-refractivity contribution in [2.45, 2.75) is 34.1 Å². The maximum Gasteiger partial charge on any atom is 0.270 e. The van der Waals surface area contributed by atoms with Crippen molar-refractivity contribution in [1.82, 2.24) is 4.98 Å². The number of thiazole rings is 1. The molecule has 0 aliphatic carbocycles. The van der Waals surface area contributed by atoms with Crippen molar-refractivity contribution in [3.05, 3.63) is 44.3 Å². The van der Waals surface area contributed by atoms with E-state index in [2.05, 4.69) is 25.8 Å². The van der Waals surface area contributed by atoms with Crippen LogP contribution in [0.1, 0.15) is 42.4 Å². The van der Waals surface area contributed by atoms with Crippen molar-refractivity contribution in [1.29, 1.82) is 0 Å². The predicted octanol–water partition coefficient (Wildman–Crippen LogP) is 5.71. The topological polar surface area (TPSA) is 33.2 Å². The van der Waals surface area contributed by atoms with Crippen LogP contribution in [0.15, 0.2) is 24.4 Å². The first kappa shape index (κ1) is 18.2. The second-order valence-electron chi connectivity index (χ2n) is 6.48. The van der Waals surface area contributed by atoms with Crippen molar-refractivity contribution in [3.8, 4) is 0 Å². The van der Waals surface area contributed by atoms with Crippen LogP contribution >= 0.6 is 34.5 Å². The Balaban J connectivity index is 2.29. The van der Waals surface area contributed by atoms with Gasteiger partial charge in [-0.05, 0) is 24.5 Å². The molecule has 3 nitrogen and oxygen atoms in total. The van der Waals surface area contributed by atoms with E-state index in [0.29, 0.717) is 27.2 Å². The molecule has 1 heterocycles. The van der Waals surface area contributed by atoms with Crippen molar-refractivity contribution >= 4 is 46.1 Å². The zero-order chi connectivity index (χ0) is 17.2. The smallest absolute Gasteiger partial charge is 0.270 e. The molecule has 1 aromatic carbocycles. The lowest BCUT2D eigenvalue weighted by molar-refractivity contribution is 0.0992. The Bertz CT molecular complexity index is 707. The Morgan fingerprint density at radius 2 is 2.00 bits per heavy atom. The molecule has 2 aromatic rings. The number of hydrogen-bond acceptors (Lipinski definition) is 3. The lowest BCUT2D eigenvalue weighted by atomic mass is 9.93. The average Bonchev–Trinajstić information content (AvgIpc) is 2.90. The van der Waals surface area contributed by atoms with Crippen LogP contribution in [0, 0.1) is 5.41 Å². The van der Waals surface area contributed by atoms with Gasteiger partial charge in [0.05, 0.1) is 26.9 Å². The van der Waals surface area contributed by atoms with Crippen LogP contribution in [-0.4, -0.2) is 17.4 Å². The second kappa shape index (κ2) is 7.20. The van der Waals surface area contributed by atoms with Gasteiger partial charge in [0, 0.05) is 13.0 Å². The summed E-state index contributed by atoms with van der Waals surface area (Å²) < 4.78 is 0. The van der Waals surface area contributed by atoms with Crippen LogP contribution in [0.3, 0.4) is 0 Å². The van der Waals surface area contributed by atoms with E-state index in [1.807, 2.05) is 6.92 Å². The molecule has 0 saturated heterocycles. The highest BCUT2D eigenvalue weighted by molar-refractivity contribution is 7.13. The summed E-state index contributed by atoms with van der Waals surface area (Å²) in [6.07, 6.45) is 2.49. The number of hydrogen-bond donors (Lipinski definition) is 0. The first-order chi connectivity index (χ1) is 10.7. The minimum atomic E-state index is -0.102. The summed E-state index contributed by atoms with van der Waals surface area (Å²) in [5.74, 6) is -0.102. The molecule has 0 aliphatic heterocycles. The SMILES string of the molecule is CCN(C(=O)c1cnc(CC(C)(C)C)s1)c1cccc(Cl)c1Cl. The highest BCUT2D eigenvalue weighted by Gasteiger charge is 2.22. The van der Waals surface area contributed by atoms with E-state index < -0.39 is 0 Å². The van der Waals surface area contributed by atoms with Crippen molar-refractivity contribution < 1.29 is 4.79 Å². The molecule has 0 atom stereocenters. The van der Waals surface area contributed by atoms with Gasteiger partial charge < -0.3 is 4.90 Å². The lowest BCUT2D eigenvalue weighted by Crippen LogP contribution is -2.30. The number of aromatic nitrogens is 1. The van der Waals surface area contributed by atoms with Crippen molar-refractivity contribution in [2.24, 2.45) is 5.41 Å². The number of halogens is 2. The zero-order valence-corrected chi connectivity index (χ0v) is 16.0. The van der Waals surface area contributed by atoms with E-state index >= 15 is 0 Å². The largest absolute Gasteiger partial charge is 0.306 e. The molecule has 0 fully saturated rings. The zero-order valence-electron chi connectivity index (χ0n) is 13.7. The molecular formula is C17H20Cl2N2OS. The fourth-order valence-electron chi connectivity index (χ4n) is 2.20. The highest BCUT2D eigenvalue weighted by Crippen LogP contribution is 2.34. The molecule has 23 heavy (non-hydrogen) atoms. The molecule has 1 amide bonds. The molecule has 0 bridgehead atoms. The van der Waals surface area contributed by atoms with Gasteiger partial charge in [-0.1, -0.05) is 50.0 Å². The summed E-state index contributed by atoms with van der Waals surface area (Å²) in [4.78, 5) is 19.4. The van der Waals surface area contributed by atoms with Crippen LogP contribution in [0.25, 0.3) is 0 Å². The Labute approximate surface area is 151 Å². The minimum Gasteiger partial charge on any atom is -0.306 e. The van der Waals surface area contributed by atoms with E-state index in [4.69, 9.17) is 23.2 Å². The van der Waals surface area contributed by atoms with Gasteiger partial charge in [0.1, 0.15) is 4.88 Å². The van der Waals surface area contributed by atoms with E-state index in [-0.39, 0.29) is 11.3 Å². The molecule has 124 valence electrons. The van der Waals surface area contributed by atoms with Gasteiger partial charge in [-0.15, -0.1) is 11.3 Å². The van der Waals surface area contributed by atoms with Gasteiger partial charge in [-0.25, -0.2) is 4.98 Å². The summed E-state index contributed by atoms with van der Waals surface area (Å²) in [7, 11) is 0. The van der Waals surface area contributed by atoms with Crippen LogP contribution < -0.4 is 4.90 Å². The lowest BCUT2D eigenvalue weighted by Gasteiger charge is -2.21. The Morgan fingerprint density at radius 1 is 1.30 bits per heavy atom. The van der Waals surface area contributed by atoms with Crippen molar-refractivity contribution in [3.63, 3.8) is 0 Å². The number of benzene rings is 1. The number of anilines is 1. The van der Waals surface area contributed by atoms with Gasteiger partial charge in [-0.2, -0.15) is 0 Å². The van der Waals surface area contributed by atoms with E-state index in [9.17, 15) is 4.79 Å². The summed E-state index contributed by atoms with van der Waals surface area (Å²) in [6, 6.07) is 5.30. The summed E-state index contributed by atoms with van der Waals surface area (Å²) in [5.41, 5.74) is 0.760. The summed E-state index contributed by atoms with van der Waals surface area (Å²) in [6.45, 7) is 8.87. The van der Waals surface area contributed by atoms with Gasteiger partial charge in [0.15, 0.2) is 0 Å². The maximum absolute atomic E-state index is 12.8. The predicted molar refractivity (Wildman–Crippen MR) is 99.1 cm³/mol. The molecule has 0 saturated carbocycles. The second-order valence-corrected chi connectivity index (χ2v) is 8.38. The molecule has 0 spiro atoms. The third-order valence-corrected chi connectivity index (χ3v) is 5.02. The average molecular weight is 371 g/mol. The molecule has 6 heteroatoms. The standard InChI is InChI=1S/C17H20Cl2N2OS/c1-5-21(12-8-6-7-11(18)15(12)19)16(22)13-10-20-14(23-13)9-17(2,3)4/h6-8,10H,5,9H2,1-4H3. The Hall–Kier alpha value is -1.10. The fourth-order valence-corrected chi connectivity index (χ4v) is 3.77. The summed E-state index contributed by atoms with van der Waals surface area (Å²) >= 11 is 13.8. The Kier molecular flexibility index (Phi) is 5.71. The van der Waals surface area contributed by atoms with Crippen LogP contribution in [-0.2, 0) is 6.42 Å². The normalized spacial score (nSPS) is 11.6. The van der Waals surface area contributed by atoms with Gasteiger partial charge >= 0.3 is 0 Å². The first-order valence-corrected chi connectivity index (χ1v) is 9.00. The quantitative estimate of drug-likeness (QED) is 0.690. The third kappa shape index (κ3) is 4.46. The molecule has 1 aromatic heterocycles. The number of amides is 1. The van der Waals surface area contributed by atoms with Crippen LogP contribution in [0.5, 0.6) is 0 Å². The van der Waals surface area contributed by atoms with Gasteiger partial charge in [0.2, 0.25) is 0 Å². The maximum atomic E-state index is 12.8. The van der Waals surface area contributed by atoms with E-state index in [1.54, 1.807) is 29.3 Å². The van der Waals surface area contributed by atoms with Crippen molar-refractivity contribution in [2.75, 3.05) is 11.4 Å². The van der Waals surface area contributed by atoms with Gasteiger partial charge in [-0.3, -0.25) is 4.79 Å². The molecule has 0 radical (unpaired) electrons. The van der Waals surface area contributed by atoms with Crippen LogP contribution in [0.4, 0.5) is 5.69 Å². The summed E-state index contributed by atoms with van der Waals surface area (Å²) in [5, 5.41) is 1.80. The number of nitrogens with zero attached hydrogens (tertiary/aromatic N) is 2. The number of rotatable bonds is 4. The minimum absolute atomic E-state index is 0.102. The highest BCUT2D eigenvalue weighted by atomic mass is 35.5. The molecule has 0 aliphatic rings. The van der Waals surface area contributed by atoms with E-state index in [0.717, 1.165) is 11.4 Å². The molecular weight excluding hydrogens is 351 g/mol. The van der Waals surface area contributed by atoms with Crippen LogP contribution in [0.2, 0.25) is 10.0 Å². The van der Waals surface area contributed by atoms with Gasteiger partial charge in [0.25, 0.3) is 5.91 Å². The molecule has 2 rings (SSSR count). The Morgan fingerprint density at radius 3 is 2.61 bits per heavy atom. The van der Waals surface area contributed by atoms with E-state index in [1.165, 1.54) is 11.3 Å². The monoisotopic (exact) mass is 370 g/mol.